The minimum absolute atomic E-state index is 0.340. The minimum atomic E-state index is -0.653. The fraction of sp³-hybridized carbons (Fsp3) is 0.952. The molecule has 0 radical (unpaired) electrons. The molecule has 0 spiro atoms. The summed E-state index contributed by atoms with van der Waals surface area (Å²) in [5.74, 6) is 1.05. The molecule has 1 atom stereocenters. The summed E-state index contributed by atoms with van der Waals surface area (Å²) in [6.07, 6.45) is 18.7. The van der Waals surface area contributed by atoms with Crippen molar-refractivity contribution in [1.82, 2.24) is 0 Å². The van der Waals surface area contributed by atoms with E-state index in [0.717, 1.165) is 24.7 Å². The number of carboxylic acid groups (broad SMARTS) is 1. The molecule has 0 saturated carbocycles. The summed E-state index contributed by atoms with van der Waals surface area (Å²) in [5.41, 5.74) is 0. The molecular formula is C21H42O2. The van der Waals surface area contributed by atoms with Crippen molar-refractivity contribution >= 4 is 5.97 Å². The van der Waals surface area contributed by atoms with Gasteiger partial charge in [0.15, 0.2) is 0 Å². The highest BCUT2D eigenvalue weighted by molar-refractivity contribution is 5.66. The third kappa shape index (κ3) is 16.1. The van der Waals surface area contributed by atoms with Gasteiger partial charge in [0.2, 0.25) is 0 Å². The monoisotopic (exact) mass is 326 g/mol. The molecule has 0 aliphatic heterocycles. The Morgan fingerprint density at radius 1 is 0.739 bits per heavy atom. The molecule has 0 aliphatic rings. The Morgan fingerprint density at radius 3 is 1.61 bits per heavy atom. The summed E-state index contributed by atoms with van der Waals surface area (Å²) in [5, 5.41) is 8.61. The summed E-state index contributed by atoms with van der Waals surface area (Å²) < 4.78 is 0. The molecule has 0 amide bonds. The van der Waals surface area contributed by atoms with Crippen LogP contribution in [0.5, 0.6) is 0 Å². The molecule has 0 aromatic carbocycles. The van der Waals surface area contributed by atoms with Crippen LogP contribution in [0, 0.1) is 11.8 Å². The lowest BCUT2D eigenvalue weighted by molar-refractivity contribution is -0.137. The standard InChI is InChI=1S/C21H42O2/c1-4-5-6-7-8-10-13-16-20(19(2)3)17-14-11-9-12-15-18-21(22)23/h19-20H,4-18H2,1-3H3,(H,22,23). The fourth-order valence-electron chi connectivity index (χ4n) is 3.39. The van der Waals surface area contributed by atoms with E-state index in [1.807, 2.05) is 0 Å². The zero-order valence-electron chi connectivity index (χ0n) is 16.1. The second-order valence-corrected chi connectivity index (χ2v) is 7.61. The van der Waals surface area contributed by atoms with Gasteiger partial charge in [0, 0.05) is 6.42 Å². The Kier molecular flexibility index (Phi) is 16.0. The Hall–Kier alpha value is -0.530. The topological polar surface area (TPSA) is 37.3 Å². The van der Waals surface area contributed by atoms with Crippen LogP contribution in [0.4, 0.5) is 0 Å². The number of hydrogen-bond acceptors (Lipinski definition) is 1. The third-order valence-corrected chi connectivity index (χ3v) is 5.09. The Bertz CT molecular complexity index is 261. The van der Waals surface area contributed by atoms with E-state index in [1.54, 1.807) is 0 Å². The van der Waals surface area contributed by atoms with E-state index >= 15 is 0 Å². The lowest BCUT2D eigenvalue weighted by Crippen LogP contribution is -2.08. The highest BCUT2D eigenvalue weighted by Crippen LogP contribution is 2.25. The van der Waals surface area contributed by atoms with E-state index < -0.39 is 5.97 Å². The van der Waals surface area contributed by atoms with Crippen molar-refractivity contribution < 1.29 is 9.90 Å². The van der Waals surface area contributed by atoms with E-state index in [2.05, 4.69) is 20.8 Å². The van der Waals surface area contributed by atoms with Crippen LogP contribution >= 0.6 is 0 Å². The number of carbonyl (C=O) groups is 1. The molecule has 2 nitrogen and oxygen atoms in total. The predicted molar refractivity (Wildman–Crippen MR) is 101 cm³/mol. The molecular weight excluding hydrogens is 284 g/mol. The predicted octanol–water partition coefficient (Wildman–Crippen LogP) is 7.21. The van der Waals surface area contributed by atoms with Crippen LogP contribution in [-0.4, -0.2) is 11.1 Å². The molecule has 0 aromatic rings. The van der Waals surface area contributed by atoms with Gasteiger partial charge in [-0.05, 0) is 18.3 Å². The van der Waals surface area contributed by atoms with Gasteiger partial charge in [-0.25, -0.2) is 0 Å². The normalized spacial score (nSPS) is 12.7. The van der Waals surface area contributed by atoms with Crippen LogP contribution in [0.2, 0.25) is 0 Å². The summed E-state index contributed by atoms with van der Waals surface area (Å²) >= 11 is 0. The maximum absolute atomic E-state index is 10.5. The van der Waals surface area contributed by atoms with Crippen molar-refractivity contribution in [2.24, 2.45) is 11.8 Å². The Labute approximate surface area is 145 Å². The maximum atomic E-state index is 10.5. The number of carboxylic acids is 1. The smallest absolute Gasteiger partial charge is 0.303 e. The van der Waals surface area contributed by atoms with Crippen molar-refractivity contribution in [3.63, 3.8) is 0 Å². The number of hydrogen-bond donors (Lipinski definition) is 1. The third-order valence-electron chi connectivity index (χ3n) is 5.09. The molecule has 2 heteroatoms. The lowest BCUT2D eigenvalue weighted by Gasteiger charge is -2.20. The molecule has 0 saturated heterocycles. The van der Waals surface area contributed by atoms with Gasteiger partial charge in [0.1, 0.15) is 0 Å². The molecule has 1 N–H and O–H groups in total. The molecule has 138 valence electrons. The Balaban J connectivity index is 3.53. The van der Waals surface area contributed by atoms with Crippen molar-refractivity contribution in [3.05, 3.63) is 0 Å². The first-order valence-electron chi connectivity index (χ1n) is 10.3. The SMILES string of the molecule is CCCCCCCCCC(CCCCCCCC(=O)O)C(C)C. The number of unbranched alkanes of at least 4 members (excludes halogenated alkanes) is 10. The zero-order chi connectivity index (χ0) is 17.3. The number of aliphatic carboxylic acids is 1. The molecule has 0 rings (SSSR count). The van der Waals surface area contributed by atoms with Gasteiger partial charge in [-0.3, -0.25) is 4.79 Å². The highest BCUT2D eigenvalue weighted by atomic mass is 16.4. The van der Waals surface area contributed by atoms with Gasteiger partial charge in [0.05, 0.1) is 0 Å². The molecule has 23 heavy (non-hydrogen) atoms. The molecule has 0 aliphatic carbocycles. The lowest BCUT2D eigenvalue weighted by atomic mass is 9.85. The van der Waals surface area contributed by atoms with Crippen LogP contribution in [-0.2, 0) is 4.79 Å². The van der Waals surface area contributed by atoms with E-state index in [9.17, 15) is 4.79 Å². The molecule has 0 aromatic heterocycles. The van der Waals surface area contributed by atoms with Crippen LogP contribution in [0.3, 0.4) is 0 Å². The van der Waals surface area contributed by atoms with Crippen LogP contribution in [0.1, 0.15) is 117 Å². The van der Waals surface area contributed by atoms with Crippen LogP contribution in [0.25, 0.3) is 0 Å². The van der Waals surface area contributed by atoms with Gasteiger partial charge in [-0.1, -0.05) is 104 Å². The first kappa shape index (κ1) is 22.5. The quantitative estimate of drug-likeness (QED) is 0.287. The zero-order valence-corrected chi connectivity index (χ0v) is 16.1. The summed E-state index contributed by atoms with van der Waals surface area (Å²) in [6, 6.07) is 0. The summed E-state index contributed by atoms with van der Waals surface area (Å²) in [6.45, 7) is 7.02. The molecule has 0 bridgehead atoms. The first-order chi connectivity index (χ1) is 11.1. The largest absolute Gasteiger partial charge is 0.481 e. The van der Waals surface area contributed by atoms with E-state index in [0.29, 0.717) is 6.42 Å². The molecule has 1 unspecified atom stereocenters. The van der Waals surface area contributed by atoms with Crippen molar-refractivity contribution in [2.75, 3.05) is 0 Å². The van der Waals surface area contributed by atoms with Gasteiger partial charge in [-0.2, -0.15) is 0 Å². The van der Waals surface area contributed by atoms with E-state index in [4.69, 9.17) is 5.11 Å². The first-order valence-corrected chi connectivity index (χ1v) is 10.3. The summed E-state index contributed by atoms with van der Waals surface area (Å²) in [7, 11) is 0. The van der Waals surface area contributed by atoms with Gasteiger partial charge >= 0.3 is 5.97 Å². The summed E-state index contributed by atoms with van der Waals surface area (Å²) in [4.78, 5) is 10.5. The minimum Gasteiger partial charge on any atom is -0.481 e. The number of rotatable bonds is 17. The maximum Gasteiger partial charge on any atom is 0.303 e. The van der Waals surface area contributed by atoms with Crippen LogP contribution < -0.4 is 0 Å². The van der Waals surface area contributed by atoms with Crippen LogP contribution in [0.15, 0.2) is 0 Å². The Morgan fingerprint density at radius 2 is 1.17 bits per heavy atom. The van der Waals surface area contributed by atoms with Crippen molar-refractivity contribution in [2.45, 2.75) is 117 Å². The van der Waals surface area contributed by atoms with Gasteiger partial charge in [0.25, 0.3) is 0 Å². The molecule has 0 heterocycles. The second kappa shape index (κ2) is 16.3. The van der Waals surface area contributed by atoms with E-state index in [-0.39, 0.29) is 0 Å². The van der Waals surface area contributed by atoms with Crippen molar-refractivity contribution in [3.8, 4) is 0 Å². The van der Waals surface area contributed by atoms with Gasteiger partial charge < -0.3 is 5.11 Å². The molecule has 0 fully saturated rings. The van der Waals surface area contributed by atoms with Crippen molar-refractivity contribution in [1.29, 1.82) is 0 Å². The van der Waals surface area contributed by atoms with Gasteiger partial charge in [-0.15, -0.1) is 0 Å². The average molecular weight is 327 g/mol. The fourth-order valence-corrected chi connectivity index (χ4v) is 3.39. The average Bonchev–Trinajstić information content (AvgIpc) is 2.50. The van der Waals surface area contributed by atoms with E-state index in [1.165, 1.54) is 77.0 Å². The highest BCUT2D eigenvalue weighted by Gasteiger charge is 2.12. The second-order valence-electron chi connectivity index (χ2n) is 7.61.